The molecule has 1 fully saturated rings. The highest BCUT2D eigenvalue weighted by Gasteiger charge is 2.31. The fourth-order valence-electron chi connectivity index (χ4n) is 1.50. The standard InChI is InChI=1S/C11H8Cl2N2O2S2/c12-5-2-1-3-6(9(5)13)14-8(16)4-7-10(17)15-11(18)19-7/h1-3,7H,4H2,(H,14,16)(H,15,17,18). The van der Waals surface area contributed by atoms with Crippen molar-refractivity contribution >= 4 is 69.0 Å². The Morgan fingerprint density at radius 3 is 2.84 bits per heavy atom. The lowest BCUT2D eigenvalue weighted by Crippen LogP contribution is -2.27. The molecule has 2 N–H and O–H groups in total. The van der Waals surface area contributed by atoms with Gasteiger partial charge in [-0.25, -0.2) is 0 Å². The van der Waals surface area contributed by atoms with Crippen molar-refractivity contribution in [1.82, 2.24) is 5.32 Å². The second-order valence-corrected chi connectivity index (χ2v) is 6.40. The molecule has 1 aliphatic heterocycles. The summed E-state index contributed by atoms with van der Waals surface area (Å²) in [6.07, 6.45) is 0.0273. The van der Waals surface area contributed by atoms with Crippen LogP contribution in [0.5, 0.6) is 0 Å². The van der Waals surface area contributed by atoms with E-state index in [0.29, 0.717) is 15.0 Å². The normalized spacial score (nSPS) is 18.3. The van der Waals surface area contributed by atoms with E-state index in [4.69, 9.17) is 35.4 Å². The summed E-state index contributed by atoms with van der Waals surface area (Å²) in [7, 11) is 0. The maximum atomic E-state index is 11.8. The zero-order chi connectivity index (χ0) is 14.0. The molecule has 1 aromatic rings. The fraction of sp³-hybridized carbons (Fsp3) is 0.182. The van der Waals surface area contributed by atoms with E-state index in [1.54, 1.807) is 18.2 Å². The topological polar surface area (TPSA) is 58.2 Å². The lowest BCUT2D eigenvalue weighted by atomic mass is 10.2. The van der Waals surface area contributed by atoms with E-state index in [9.17, 15) is 9.59 Å². The summed E-state index contributed by atoms with van der Waals surface area (Å²) < 4.78 is 0.392. The molecule has 1 atom stereocenters. The van der Waals surface area contributed by atoms with Crippen LogP contribution in [0.2, 0.25) is 10.0 Å². The first-order valence-corrected chi connectivity index (χ1v) is 7.27. The molecule has 1 heterocycles. The van der Waals surface area contributed by atoms with Gasteiger partial charge in [-0.15, -0.1) is 0 Å². The maximum Gasteiger partial charge on any atom is 0.239 e. The highest BCUT2D eigenvalue weighted by molar-refractivity contribution is 8.24. The molecule has 0 saturated carbocycles. The average molecular weight is 335 g/mol. The molecular formula is C11H8Cl2N2O2S2. The van der Waals surface area contributed by atoms with Crippen LogP contribution in [0.4, 0.5) is 5.69 Å². The summed E-state index contributed by atoms with van der Waals surface area (Å²) in [6.45, 7) is 0. The van der Waals surface area contributed by atoms with Gasteiger partial charge in [0, 0.05) is 6.42 Å². The smallest absolute Gasteiger partial charge is 0.239 e. The molecule has 1 unspecified atom stereocenters. The Hall–Kier alpha value is -0.820. The average Bonchev–Trinajstić information content (AvgIpc) is 2.64. The maximum absolute atomic E-state index is 11.8. The Bertz CT molecular complexity index is 566. The van der Waals surface area contributed by atoms with Gasteiger partial charge >= 0.3 is 0 Å². The van der Waals surface area contributed by atoms with Crippen molar-refractivity contribution in [1.29, 1.82) is 0 Å². The first kappa shape index (κ1) is 14.6. The van der Waals surface area contributed by atoms with Gasteiger partial charge in [-0.2, -0.15) is 0 Å². The first-order chi connectivity index (χ1) is 8.97. The van der Waals surface area contributed by atoms with Crippen LogP contribution in [0.1, 0.15) is 6.42 Å². The predicted octanol–water partition coefficient (Wildman–Crippen LogP) is 2.84. The van der Waals surface area contributed by atoms with Crippen molar-refractivity contribution in [3.8, 4) is 0 Å². The number of hydrogen-bond donors (Lipinski definition) is 2. The number of anilines is 1. The second kappa shape index (κ2) is 6.09. The second-order valence-electron chi connectivity index (χ2n) is 3.74. The van der Waals surface area contributed by atoms with E-state index in [1.807, 2.05) is 0 Å². The van der Waals surface area contributed by atoms with Gasteiger partial charge in [0.15, 0.2) is 0 Å². The van der Waals surface area contributed by atoms with Crippen LogP contribution in [0.15, 0.2) is 18.2 Å². The zero-order valence-electron chi connectivity index (χ0n) is 9.41. The van der Waals surface area contributed by atoms with Crippen LogP contribution >= 0.6 is 47.2 Å². The highest BCUT2D eigenvalue weighted by Crippen LogP contribution is 2.30. The molecule has 1 aromatic carbocycles. The summed E-state index contributed by atoms with van der Waals surface area (Å²) in [6, 6.07) is 4.94. The van der Waals surface area contributed by atoms with Crippen molar-refractivity contribution in [2.75, 3.05) is 5.32 Å². The lowest BCUT2D eigenvalue weighted by molar-refractivity contribution is -0.122. The Balaban J connectivity index is 2.00. The SMILES string of the molecule is O=C(CC1SC(=S)NC1=O)Nc1cccc(Cl)c1Cl. The van der Waals surface area contributed by atoms with E-state index in [-0.39, 0.29) is 23.3 Å². The van der Waals surface area contributed by atoms with Crippen molar-refractivity contribution in [2.45, 2.75) is 11.7 Å². The molecule has 1 saturated heterocycles. The molecule has 0 radical (unpaired) electrons. The van der Waals surface area contributed by atoms with E-state index >= 15 is 0 Å². The Morgan fingerprint density at radius 1 is 1.47 bits per heavy atom. The molecule has 1 aliphatic rings. The molecule has 0 aromatic heterocycles. The van der Waals surface area contributed by atoms with E-state index in [2.05, 4.69) is 10.6 Å². The summed E-state index contributed by atoms with van der Waals surface area (Å²) in [5, 5.41) is 5.24. The Kier molecular flexibility index (Phi) is 4.67. The quantitative estimate of drug-likeness (QED) is 0.834. The van der Waals surface area contributed by atoms with Gasteiger partial charge in [-0.3, -0.25) is 9.59 Å². The van der Waals surface area contributed by atoms with Gasteiger partial charge in [-0.05, 0) is 12.1 Å². The zero-order valence-corrected chi connectivity index (χ0v) is 12.6. The van der Waals surface area contributed by atoms with Crippen LogP contribution in [0.25, 0.3) is 0 Å². The van der Waals surface area contributed by atoms with Gasteiger partial charge in [-0.1, -0.05) is 53.2 Å². The third-order valence-corrected chi connectivity index (χ3v) is 4.55. The fourth-order valence-corrected chi connectivity index (χ4v) is 3.11. The molecule has 19 heavy (non-hydrogen) atoms. The first-order valence-electron chi connectivity index (χ1n) is 5.22. The van der Waals surface area contributed by atoms with E-state index in [0.717, 1.165) is 0 Å². The molecule has 8 heteroatoms. The molecular weight excluding hydrogens is 327 g/mol. The Morgan fingerprint density at radius 2 is 2.21 bits per heavy atom. The number of halogens is 2. The highest BCUT2D eigenvalue weighted by atomic mass is 35.5. The third-order valence-electron chi connectivity index (χ3n) is 2.36. The van der Waals surface area contributed by atoms with Crippen molar-refractivity contribution < 1.29 is 9.59 Å². The van der Waals surface area contributed by atoms with Gasteiger partial charge in [0.2, 0.25) is 11.8 Å². The summed E-state index contributed by atoms with van der Waals surface area (Å²) in [5.74, 6) is -0.566. The lowest BCUT2D eigenvalue weighted by Gasteiger charge is -2.09. The number of carbonyl (C=O) groups is 2. The molecule has 0 bridgehead atoms. The number of hydrogen-bond acceptors (Lipinski definition) is 4. The Labute approximate surface area is 129 Å². The minimum Gasteiger partial charge on any atom is -0.325 e. The molecule has 4 nitrogen and oxygen atoms in total. The monoisotopic (exact) mass is 334 g/mol. The minimum absolute atomic E-state index is 0.0273. The van der Waals surface area contributed by atoms with Crippen LogP contribution < -0.4 is 10.6 Å². The number of carbonyl (C=O) groups excluding carboxylic acids is 2. The number of amides is 2. The minimum atomic E-state index is -0.495. The van der Waals surface area contributed by atoms with Crippen molar-refractivity contribution in [2.24, 2.45) is 0 Å². The van der Waals surface area contributed by atoms with Gasteiger partial charge < -0.3 is 10.6 Å². The van der Waals surface area contributed by atoms with Gasteiger partial charge in [0.25, 0.3) is 0 Å². The molecule has 0 spiro atoms. The van der Waals surface area contributed by atoms with Crippen molar-refractivity contribution in [3.63, 3.8) is 0 Å². The summed E-state index contributed by atoms with van der Waals surface area (Å²) in [5.41, 5.74) is 0.421. The summed E-state index contributed by atoms with van der Waals surface area (Å²) >= 11 is 17.8. The van der Waals surface area contributed by atoms with Crippen LogP contribution in [-0.2, 0) is 9.59 Å². The predicted molar refractivity (Wildman–Crippen MR) is 81.8 cm³/mol. The van der Waals surface area contributed by atoms with E-state index in [1.165, 1.54) is 11.8 Å². The molecule has 100 valence electrons. The van der Waals surface area contributed by atoms with Gasteiger partial charge in [0.1, 0.15) is 4.32 Å². The van der Waals surface area contributed by atoms with Crippen LogP contribution in [-0.4, -0.2) is 21.4 Å². The number of benzene rings is 1. The molecule has 2 amide bonds. The van der Waals surface area contributed by atoms with E-state index < -0.39 is 5.25 Å². The van der Waals surface area contributed by atoms with Crippen molar-refractivity contribution in [3.05, 3.63) is 28.2 Å². The number of thioether (sulfide) groups is 1. The molecule has 0 aliphatic carbocycles. The number of thiocarbonyl (C=S) groups is 1. The number of nitrogens with one attached hydrogen (secondary N) is 2. The van der Waals surface area contributed by atoms with Gasteiger partial charge in [0.05, 0.1) is 21.0 Å². The van der Waals surface area contributed by atoms with Crippen LogP contribution in [0.3, 0.4) is 0 Å². The summed E-state index contributed by atoms with van der Waals surface area (Å²) in [4.78, 5) is 23.3. The third kappa shape index (κ3) is 3.60. The number of rotatable bonds is 3. The largest absolute Gasteiger partial charge is 0.325 e. The molecule has 2 rings (SSSR count). The van der Waals surface area contributed by atoms with Crippen LogP contribution in [0, 0.1) is 0 Å².